The van der Waals surface area contributed by atoms with Crippen molar-refractivity contribution in [1.29, 1.82) is 0 Å². The van der Waals surface area contributed by atoms with Gasteiger partial charge in [0.2, 0.25) is 0 Å². The molecule has 2 amide bonds. The van der Waals surface area contributed by atoms with Crippen LogP contribution < -0.4 is 15.4 Å². The zero-order valence-electron chi connectivity index (χ0n) is 11.3. The Labute approximate surface area is 117 Å². The maximum Gasteiger partial charge on any atom is 0.313 e. The van der Waals surface area contributed by atoms with Gasteiger partial charge in [0.15, 0.2) is 0 Å². The van der Waals surface area contributed by atoms with E-state index in [1.165, 1.54) is 7.11 Å². The normalized spacial score (nSPS) is 9.65. The van der Waals surface area contributed by atoms with Gasteiger partial charge in [0.05, 0.1) is 6.61 Å². The first-order valence-electron chi connectivity index (χ1n) is 6.09. The quantitative estimate of drug-likeness (QED) is 0.442. The topological polar surface area (TPSA) is 76.7 Å². The minimum Gasteiger partial charge on any atom is -0.490 e. The molecule has 0 atom stereocenters. The molecule has 1 rings (SSSR count). The molecule has 6 heteroatoms. The van der Waals surface area contributed by atoms with Crippen molar-refractivity contribution in [3.05, 3.63) is 36.9 Å². The van der Waals surface area contributed by atoms with Gasteiger partial charge >= 0.3 is 11.8 Å². The van der Waals surface area contributed by atoms with Crippen LogP contribution in [0.3, 0.4) is 0 Å². The minimum atomic E-state index is -0.721. The Bertz CT molecular complexity index is 457. The van der Waals surface area contributed by atoms with Crippen LogP contribution in [0.15, 0.2) is 36.9 Å². The van der Waals surface area contributed by atoms with E-state index in [4.69, 9.17) is 9.47 Å². The van der Waals surface area contributed by atoms with Gasteiger partial charge in [-0.3, -0.25) is 9.59 Å². The van der Waals surface area contributed by atoms with Gasteiger partial charge in [-0.05, 0) is 24.3 Å². The van der Waals surface area contributed by atoms with Gasteiger partial charge in [0.1, 0.15) is 12.4 Å². The molecule has 0 bridgehead atoms. The van der Waals surface area contributed by atoms with Crippen LogP contribution in [-0.4, -0.2) is 38.7 Å². The number of ether oxygens (including phenoxy) is 2. The summed E-state index contributed by atoms with van der Waals surface area (Å²) in [6.07, 6.45) is 1.64. The number of rotatable bonds is 7. The predicted octanol–water partition coefficient (Wildman–Crippen LogP) is 0.952. The van der Waals surface area contributed by atoms with Gasteiger partial charge in [-0.1, -0.05) is 12.7 Å². The average Bonchev–Trinajstić information content (AvgIpc) is 2.46. The number of carbonyl (C=O) groups excluding carboxylic acids is 2. The molecule has 0 unspecified atom stereocenters. The highest BCUT2D eigenvalue weighted by atomic mass is 16.5. The minimum absolute atomic E-state index is 0.289. The van der Waals surface area contributed by atoms with Crippen LogP contribution in [0, 0.1) is 0 Å². The van der Waals surface area contributed by atoms with Crippen LogP contribution in [0.2, 0.25) is 0 Å². The number of nitrogens with one attached hydrogen (secondary N) is 2. The molecule has 0 aromatic heterocycles. The molecule has 2 N–H and O–H groups in total. The Kier molecular flexibility index (Phi) is 6.84. The Morgan fingerprint density at radius 3 is 2.55 bits per heavy atom. The Balaban J connectivity index is 2.45. The molecular formula is C14H18N2O4. The molecule has 0 spiro atoms. The summed E-state index contributed by atoms with van der Waals surface area (Å²) in [6.45, 7) is 4.60. The van der Waals surface area contributed by atoms with E-state index in [2.05, 4.69) is 17.2 Å². The second kappa shape index (κ2) is 8.71. The van der Waals surface area contributed by atoms with Gasteiger partial charge in [0, 0.05) is 19.3 Å². The van der Waals surface area contributed by atoms with Crippen LogP contribution in [0.25, 0.3) is 0 Å². The molecule has 0 radical (unpaired) electrons. The molecule has 0 heterocycles. The summed E-state index contributed by atoms with van der Waals surface area (Å²) in [7, 11) is 1.52. The third-order valence-corrected chi connectivity index (χ3v) is 2.28. The van der Waals surface area contributed by atoms with Gasteiger partial charge in [-0.15, -0.1) is 0 Å². The standard InChI is InChI=1S/C14H18N2O4/c1-3-9-20-12-6-4-11(5-7-12)16-14(18)13(17)15-8-10-19-2/h3-7H,1,8-10H2,2H3,(H,15,17)(H,16,18). The molecule has 0 saturated carbocycles. The number of benzene rings is 1. The summed E-state index contributed by atoms with van der Waals surface area (Å²) in [5.74, 6) is -0.762. The van der Waals surface area contributed by atoms with Gasteiger partial charge < -0.3 is 20.1 Å². The highest BCUT2D eigenvalue weighted by Crippen LogP contribution is 2.15. The van der Waals surface area contributed by atoms with Crippen molar-refractivity contribution in [3.8, 4) is 5.75 Å². The lowest BCUT2D eigenvalue weighted by atomic mass is 10.3. The molecule has 0 aliphatic heterocycles. The lowest BCUT2D eigenvalue weighted by molar-refractivity contribution is -0.136. The smallest absolute Gasteiger partial charge is 0.313 e. The highest BCUT2D eigenvalue weighted by molar-refractivity contribution is 6.39. The highest BCUT2D eigenvalue weighted by Gasteiger charge is 2.12. The number of amides is 2. The maximum atomic E-state index is 11.6. The van der Waals surface area contributed by atoms with Crippen molar-refractivity contribution < 1.29 is 19.1 Å². The molecule has 6 nitrogen and oxygen atoms in total. The fourth-order valence-corrected chi connectivity index (χ4v) is 1.32. The summed E-state index contributed by atoms with van der Waals surface area (Å²) in [5.41, 5.74) is 0.517. The Hall–Kier alpha value is -2.34. The Morgan fingerprint density at radius 1 is 1.25 bits per heavy atom. The molecule has 0 aliphatic carbocycles. The van der Waals surface area contributed by atoms with Crippen LogP contribution >= 0.6 is 0 Å². The summed E-state index contributed by atoms with van der Waals surface area (Å²) < 4.78 is 10.1. The Morgan fingerprint density at radius 2 is 1.95 bits per heavy atom. The van der Waals surface area contributed by atoms with Gasteiger partial charge in [-0.2, -0.15) is 0 Å². The van der Waals surface area contributed by atoms with E-state index >= 15 is 0 Å². The van der Waals surface area contributed by atoms with Gasteiger partial charge in [0.25, 0.3) is 0 Å². The van der Waals surface area contributed by atoms with E-state index in [0.29, 0.717) is 24.7 Å². The summed E-state index contributed by atoms with van der Waals surface area (Å²) in [5, 5.41) is 4.92. The molecule has 0 aliphatic rings. The van der Waals surface area contributed by atoms with Crippen LogP contribution in [0.5, 0.6) is 5.75 Å². The summed E-state index contributed by atoms with van der Waals surface area (Å²) in [4.78, 5) is 23.0. The van der Waals surface area contributed by atoms with E-state index in [1.54, 1.807) is 30.3 Å². The SMILES string of the molecule is C=CCOc1ccc(NC(=O)C(=O)NCCOC)cc1. The molecular weight excluding hydrogens is 260 g/mol. The summed E-state index contributed by atoms with van der Waals surface area (Å²) >= 11 is 0. The molecule has 1 aromatic rings. The van der Waals surface area contributed by atoms with E-state index in [1.807, 2.05) is 0 Å². The van der Waals surface area contributed by atoms with Crippen LogP contribution in [-0.2, 0) is 14.3 Å². The van der Waals surface area contributed by atoms with Crippen LogP contribution in [0.1, 0.15) is 0 Å². The van der Waals surface area contributed by atoms with Gasteiger partial charge in [-0.25, -0.2) is 0 Å². The van der Waals surface area contributed by atoms with Crippen molar-refractivity contribution in [2.75, 3.05) is 32.2 Å². The lowest BCUT2D eigenvalue weighted by Crippen LogP contribution is -2.37. The molecule has 20 heavy (non-hydrogen) atoms. The van der Waals surface area contributed by atoms with Crippen molar-refractivity contribution in [1.82, 2.24) is 5.32 Å². The van der Waals surface area contributed by atoms with E-state index in [-0.39, 0.29) is 6.54 Å². The molecule has 0 fully saturated rings. The molecule has 1 aromatic carbocycles. The van der Waals surface area contributed by atoms with E-state index < -0.39 is 11.8 Å². The average molecular weight is 278 g/mol. The first-order chi connectivity index (χ1) is 9.67. The molecule has 0 saturated heterocycles. The van der Waals surface area contributed by atoms with Crippen molar-refractivity contribution in [3.63, 3.8) is 0 Å². The maximum absolute atomic E-state index is 11.6. The number of carbonyl (C=O) groups is 2. The monoisotopic (exact) mass is 278 g/mol. The summed E-state index contributed by atoms with van der Waals surface area (Å²) in [6, 6.07) is 6.70. The third-order valence-electron chi connectivity index (χ3n) is 2.28. The van der Waals surface area contributed by atoms with Crippen molar-refractivity contribution in [2.45, 2.75) is 0 Å². The third kappa shape index (κ3) is 5.53. The largest absolute Gasteiger partial charge is 0.490 e. The second-order valence-electron chi connectivity index (χ2n) is 3.83. The fraction of sp³-hybridized carbons (Fsp3) is 0.286. The lowest BCUT2D eigenvalue weighted by Gasteiger charge is -2.07. The first-order valence-corrected chi connectivity index (χ1v) is 6.09. The predicted molar refractivity (Wildman–Crippen MR) is 75.6 cm³/mol. The first kappa shape index (κ1) is 15.7. The van der Waals surface area contributed by atoms with Crippen LogP contribution in [0.4, 0.5) is 5.69 Å². The molecule has 108 valence electrons. The number of anilines is 1. The number of methoxy groups -OCH3 is 1. The van der Waals surface area contributed by atoms with Crippen molar-refractivity contribution >= 4 is 17.5 Å². The second-order valence-corrected chi connectivity index (χ2v) is 3.83. The number of hydrogen-bond acceptors (Lipinski definition) is 4. The van der Waals surface area contributed by atoms with Crippen molar-refractivity contribution in [2.24, 2.45) is 0 Å². The number of hydrogen-bond donors (Lipinski definition) is 2. The van der Waals surface area contributed by atoms with E-state index in [9.17, 15) is 9.59 Å². The van der Waals surface area contributed by atoms with E-state index in [0.717, 1.165) is 0 Å². The fourth-order valence-electron chi connectivity index (χ4n) is 1.32. The zero-order valence-corrected chi connectivity index (χ0v) is 11.3. The zero-order chi connectivity index (χ0) is 14.8.